The summed E-state index contributed by atoms with van der Waals surface area (Å²) in [6.45, 7) is 11.0. The van der Waals surface area contributed by atoms with E-state index in [0.717, 1.165) is 12.0 Å². The van der Waals surface area contributed by atoms with Gasteiger partial charge in [-0.2, -0.15) is 4.98 Å². The Hall–Kier alpha value is -1.88. The molecule has 6 heteroatoms. The van der Waals surface area contributed by atoms with Crippen molar-refractivity contribution in [2.24, 2.45) is 5.41 Å². The van der Waals surface area contributed by atoms with Gasteiger partial charge in [0, 0.05) is 36.0 Å². The highest BCUT2D eigenvalue weighted by atomic mass is 35.5. The molecule has 1 amide bonds. The van der Waals surface area contributed by atoms with Gasteiger partial charge < -0.3 is 9.42 Å². The molecule has 0 spiro atoms. The van der Waals surface area contributed by atoms with E-state index in [1.54, 1.807) is 12.1 Å². The molecule has 0 radical (unpaired) electrons. The monoisotopic (exact) mass is 377 g/mol. The van der Waals surface area contributed by atoms with E-state index in [-0.39, 0.29) is 17.4 Å². The number of hydrogen-bond donors (Lipinski definition) is 0. The van der Waals surface area contributed by atoms with Gasteiger partial charge >= 0.3 is 0 Å². The molecule has 0 fully saturated rings. The van der Waals surface area contributed by atoms with Crippen molar-refractivity contribution in [3.63, 3.8) is 0 Å². The predicted molar refractivity (Wildman–Crippen MR) is 104 cm³/mol. The Kier molecular flexibility index (Phi) is 6.81. The standard InChI is InChI=1S/C20H28ClN3O2/c1-6-14(2)24(18(25)13-20(3,4)5)11-10-17-22-19(23-26-17)15-8-7-9-16(21)12-15/h7-9,12,14H,6,10-11,13H2,1-5H3/t14-/m1/s1. The lowest BCUT2D eigenvalue weighted by molar-refractivity contribution is -0.135. The van der Waals surface area contributed by atoms with E-state index < -0.39 is 0 Å². The molecule has 1 aromatic carbocycles. The summed E-state index contributed by atoms with van der Waals surface area (Å²) in [7, 11) is 0. The quantitative estimate of drug-likeness (QED) is 0.681. The Morgan fingerprint density at radius 2 is 2.08 bits per heavy atom. The number of rotatable bonds is 7. The molecule has 0 saturated heterocycles. The average molecular weight is 378 g/mol. The number of carbonyl (C=O) groups excluding carboxylic acids is 1. The first-order valence-corrected chi connectivity index (χ1v) is 9.45. The molecule has 2 aromatic rings. The molecule has 5 nitrogen and oxygen atoms in total. The van der Waals surface area contributed by atoms with Crippen LogP contribution in [-0.2, 0) is 11.2 Å². The van der Waals surface area contributed by atoms with Gasteiger partial charge in [-0.3, -0.25) is 4.79 Å². The van der Waals surface area contributed by atoms with Crippen molar-refractivity contribution >= 4 is 17.5 Å². The van der Waals surface area contributed by atoms with Crippen LogP contribution in [0.2, 0.25) is 5.02 Å². The van der Waals surface area contributed by atoms with Crippen molar-refractivity contribution in [1.82, 2.24) is 15.0 Å². The number of benzene rings is 1. The minimum Gasteiger partial charge on any atom is -0.339 e. The number of carbonyl (C=O) groups is 1. The molecular formula is C20H28ClN3O2. The van der Waals surface area contributed by atoms with Crippen LogP contribution in [0.1, 0.15) is 53.4 Å². The second kappa shape index (κ2) is 8.67. The van der Waals surface area contributed by atoms with E-state index in [1.165, 1.54) is 0 Å². The fourth-order valence-corrected chi connectivity index (χ4v) is 2.87. The molecule has 0 aliphatic rings. The van der Waals surface area contributed by atoms with Crippen molar-refractivity contribution in [3.8, 4) is 11.4 Å². The van der Waals surface area contributed by atoms with Crippen molar-refractivity contribution in [1.29, 1.82) is 0 Å². The maximum atomic E-state index is 12.7. The molecule has 0 unspecified atom stereocenters. The molecule has 0 N–H and O–H groups in total. The number of nitrogens with zero attached hydrogens (tertiary/aromatic N) is 3. The van der Waals surface area contributed by atoms with Crippen molar-refractivity contribution in [3.05, 3.63) is 35.2 Å². The average Bonchev–Trinajstić information content (AvgIpc) is 3.02. The minimum atomic E-state index is -0.0347. The SMILES string of the molecule is CC[C@@H](C)N(CCc1nc(-c2cccc(Cl)c2)no1)C(=O)CC(C)(C)C. The van der Waals surface area contributed by atoms with Crippen LogP contribution < -0.4 is 0 Å². The van der Waals surface area contributed by atoms with Gasteiger partial charge in [0.1, 0.15) is 0 Å². The van der Waals surface area contributed by atoms with E-state index in [2.05, 4.69) is 44.8 Å². The summed E-state index contributed by atoms with van der Waals surface area (Å²) in [5, 5.41) is 4.66. The highest BCUT2D eigenvalue weighted by Gasteiger charge is 2.24. The van der Waals surface area contributed by atoms with Gasteiger partial charge in [0.2, 0.25) is 17.6 Å². The first kappa shape index (κ1) is 20.4. The van der Waals surface area contributed by atoms with Gasteiger partial charge in [-0.05, 0) is 30.9 Å². The molecular weight excluding hydrogens is 350 g/mol. The van der Waals surface area contributed by atoms with Gasteiger partial charge in [0.05, 0.1) is 0 Å². The third kappa shape index (κ3) is 5.84. The zero-order valence-corrected chi connectivity index (χ0v) is 17.0. The number of aromatic nitrogens is 2. The fraction of sp³-hybridized carbons (Fsp3) is 0.550. The number of hydrogen-bond acceptors (Lipinski definition) is 4. The zero-order chi connectivity index (χ0) is 19.3. The Balaban J connectivity index is 2.06. The summed E-state index contributed by atoms with van der Waals surface area (Å²) in [5.74, 6) is 1.21. The van der Waals surface area contributed by atoms with Crippen molar-refractivity contribution in [2.45, 2.75) is 59.9 Å². The Labute approximate surface area is 160 Å². The lowest BCUT2D eigenvalue weighted by atomic mass is 9.91. The first-order valence-electron chi connectivity index (χ1n) is 9.07. The summed E-state index contributed by atoms with van der Waals surface area (Å²) in [6, 6.07) is 7.52. The molecule has 2 rings (SSSR count). The van der Waals surface area contributed by atoms with E-state index in [9.17, 15) is 4.79 Å². The van der Waals surface area contributed by atoms with Gasteiger partial charge in [-0.15, -0.1) is 0 Å². The summed E-state index contributed by atoms with van der Waals surface area (Å²) in [5.41, 5.74) is 0.780. The third-order valence-electron chi connectivity index (χ3n) is 4.24. The maximum absolute atomic E-state index is 12.7. The summed E-state index contributed by atoms with van der Waals surface area (Å²) >= 11 is 6.01. The molecule has 1 aromatic heterocycles. The largest absolute Gasteiger partial charge is 0.339 e. The van der Waals surface area contributed by atoms with Crippen LogP contribution in [0, 0.1) is 5.41 Å². The molecule has 26 heavy (non-hydrogen) atoms. The first-order chi connectivity index (χ1) is 12.2. The summed E-state index contributed by atoms with van der Waals surface area (Å²) in [6.07, 6.45) is 1.97. The lowest BCUT2D eigenvalue weighted by Gasteiger charge is -2.31. The van der Waals surface area contributed by atoms with Crippen molar-refractivity contribution < 1.29 is 9.32 Å². The van der Waals surface area contributed by atoms with Crippen LogP contribution in [0.4, 0.5) is 0 Å². The Morgan fingerprint density at radius 3 is 2.69 bits per heavy atom. The van der Waals surface area contributed by atoms with Crippen LogP contribution >= 0.6 is 11.6 Å². The van der Waals surface area contributed by atoms with E-state index in [1.807, 2.05) is 17.0 Å². The minimum absolute atomic E-state index is 0.0347. The molecule has 0 aliphatic heterocycles. The summed E-state index contributed by atoms with van der Waals surface area (Å²) in [4.78, 5) is 19.1. The smallest absolute Gasteiger partial charge is 0.228 e. The lowest BCUT2D eigenvalue weighted by Crippen LogP contribution is -2.41. The number of amides is 1. The normalized spacial score (nSPS) is 12.8. The molecule has 1 heterocycles. The van der Waals surface area contributed by atoms with Crippen LogP contribution in [0.15, 0.2) is 28.8 Å². The van der Waals surface area contributed by atoms with Gasteiger partial charge in [0.15, 0.2) is 0 Å². The van der Waals surface area contributed by atoms with Gasteiger partial charge in [-0.1, -0.05) is 56.6 Å². The van der Waals surface area contributed by atoms with Gasteiger partial charge in [0.25, 0.3) is 0 Å². The molecule has 0 saturated carbocycles. The molecule has 142 valence electrons. The fourth-order valence-electron chi connectivity index (χ4n) is 2.68. The maximum Gasteiger partial charge on any atom is 0.228 e. The molecule has 0 bridgehead atoms. The van der Waals surface area contributed by atoms with Crippen molar-refractivity contribution in [2.75, 3.05) is 6.54 Å². The molecule has 0 aliphatic carbocycles. The van der Waals surface area contributed by atoms with Crippen LogP contribution in [0.25, 0.3) is 11.4 Å². The highest BCUT2D eigenvalue weighted by Crippen LogP contribution is 2.22. The third-order valence-corrected chi connectivity index (χ3v) is 4.48. The zero-order valence-electron chi connectivity index (χ0n) is 16.3. The van der Waals surface area contributed by atoms with E-state index in [0.29, 0.717) is 36.1 Å². The van der Waals surface area contributed by atoms with Crippen LogP contribution in [0.5, 0.6) is 0 Å². The van der Waals surface area contributed by atoms with Gasteiger partial charge in [-0.25, -0.2) is 0 Å². The number of halogens is 1. The predicted octanol–water partition coefficient (Wildman–Crippen LogP) is 5.00. The Bertz CT molecular complexity index is 737. The highest BCUT2D eigenvalue weighted by molar-refractivity contribution is 6.30. The van der Waals surface area contributed by atoms with Crippen LogP contribution in [-0.4, -0.2) is 33.5 Å². The second-order valence-electron chi connectivity index (χ2n) is 7.85. The van der Waals surface area contributed by atoms with E-state index in [4.69, 9.17) is 16.1 Å². The topological polar surface area (TPSA) is 59.2 Å². The summed E-state index contributed by atoms with van der Waals surface area (Å²) < 4.78 is 5.36. The molecule has 1 atom stereocenters. The Morgan fingerprint density at radius 1 is 1.35 bits per heavy atom. The van der Waals surface area contributed by atoms with E-state index >= 15 is 0 Å². The second-order valence-corrected chi connectivity index (χ2v) is 8.29. The van der Waals surface area contributed by atoms with Crippen LogP contribution in [0.3, 0.4) is 0 Å².